The highest BCUT2D eigenvalue weighted by molar-refractivity contribution is 7.92. The number of nitrogens with zero attached hydrogens (tertiary/aromatic N) is 1. The molecule has 2 unspecified atom stereocenters. The first-order valence-corrected chi connectivity index (χ1v) is 9.62. The van der Waals surface area contributed by atoms with Crippen LogP contribution in [0.2, 0.25) is 0 Å². The second kappa shape index (κ2) is 6.35. The Bertz CT molecular complexity index is 992. The number of hydrogen-bond donors (Lipinski definition) is 2. The highest BCUT2D eigenvalue weighted by Gasteiger charge is 2.44. The maximum atomic E-state index is 14.2. The van der Waals surface area contributed by atoms with Gasteiger partial charge in [0.2, 0.25) is 0 Å². The molecule has 1 heterocycles. The number of aromatic hydroxyl groups is 1. The predicted molar refractivity (Wildman–Crippen MR) is 94.7 cm³/mol. The molecular formula is C18H18F2N2O3S. The largest absolute Gasteiger partial charge is 0.508 e. The van der Waals surface area contributed by atoms with Gasteiger partial charge in [-0.25, -0.2) is 17.2 Å². The van der Waals surface area contributed by atoms with Crippen molar-refractivity contribution < 1.29 is 22.3 Å². The van der Waals surface area contributed by atoms with Gasteiger partial charge in [0.25, 0.3) is 0 Å². The zero-order chi connectivity index (χ0) is 19.1. The fourth-order valence-electron chi connectivity index (χ4n) is 3.24. The van der Waals surface area contributed by atoms with Crippen LogP contribution in [0.4, 0.5) is 8.78 Å². The summed E-state index contributed by atoms with van der Waals surface area (Å²) in [6, 6.07) is 9.02. The Labute approximate surface area is 150 Å². The molecule has 0 radical (unpaired) electrons. The minimum Gasteiger partial charge on any atom is -0.508 e. The quantitative estimate of drug-likeness (QED) is 0.854. The van der Waals surface area contributed by atoms with E-state index in [1.54, 1.807) is 12.1 Å². The van der Waals surface area contributed by atoms with Crippen LogP contribution in [-0.4, -0.2) is 30.4 Å². The normalized spacial score (nSPS) is 24.9. The molecule has 3 N–H and O–H groups in total. The Morgan fingerprint density at radius 1 is 1.27 bits per heavy atom. The van der Waals surface area contributed by atoms with Crippen molar-refractivity contribution in [1.29, 1.82) is 0 Å². The van der Waals surface area contributed by atoms with E-state index < -0.39 is 38.0 Å². The molecule has 1 aliphatic rings. The molecule has 2 atom stereocenters. The predicted octanol–water partition coefficient (Wildman–Crippen LogP) is 2.28. The molecule has 138 valence electrons. The Balaban J connectivity index is 2.02. The molecule has 0 saturated heterocycles. The molecule has 26 heavy (non-hydrogen) atoms. The lowest BCUT2D eigenvalue weighted by Crippen LogP contribution is -2.49. The third-order valence-corrected chi connectivity index (χ3v) is 6.70. The molecule has 0 aromatic heterocycles. The van der Waals surface area contributed by atoms with Crippen LogP contribution in [-0.2, 0) is 21.8 Å². The summed E-state index contributed by atoms with van der Waals surface area (Å²) in [5.74, 6) is -2.07. The number of amidine groups is 1. The summed E-state index contributed by atoms with van der Waals surface area (Å²) in [4.78, 5) is 4.23. The van der Waals surface area contributed by atoms with Gasteiger partial charge in [-0.15, -0.1) is 0 Å². The number of benzene rings is 2. The van der Waals surface area contributed by atoms with Crippen LogP contribution >= 0.6 is 0 Å². The molecule has 2 aromatic carbocycles. The standard InChI is InChI=1S/C18H18F2N2O3S/c1-18(14-9-12(19)5-6-15(14)20)10-26(24,25)16(17(21)22-18)8-11-3-2-4-13(23)7-11/h2-7,9,16,23H,8,10H2,1H3,(H2,21,22). The van der Waals surface area contributed by atoms with Gasteiger partial charge in [0.15, 0.2) is 9.84 Å². The van der Waals surface area contributed by atoms with E-state index in [0.29, 0.717) is 5.56 Å². The van der Waals surface area contributed by atoms with Gasteiger partial charge in [0, 0.05) is 5.56 Å². The van der Waals surface area contributed by atoms with Gasteiger partial charge in [0.05, 0.1) is 5.75 Å². The molecule has 1 aliphatic heterocycles. The molecule has 0 spiro atoms. The minimum atomic E-state index is -3.80. The van der Waals surface area contributed by atoms with Crippen molar-refractivity contribution in [3.63, 3.8) is 0 Å². The number of aliphatic imine (C=N–C) groups is 1. The van der Waals surface area contributed by atoms with Crippen LogP contribution in [0, 0.1) is 11.6 Å². The van der Waals surface area contributed by atoms with Gasteiger partial charge >= 0.3 is 0 Å². The summed E-state index contributed by atoms with van der Waals surface area (Å²) < 4.78 is 53.4. The van der Waals surface area contributed by atoms with Crippen molar-refractivity contribution >= 4 is 15.7 Å². The van der Waals surface area contributed by atoms with Crippen molar-refractivity contribution in [1.82, 2.24) is 0 Å². The molecular weight excluding hydrogens is 362 g/mol. The number of phenols is 1. The van der Waals surface area contributed by atoms with Gasteiger partial charge < -0.3 is 10.8 Å². The van der Waals surface area contributed by atoms with Crippen molar-refractivity contribution in [3.05, 3.63) is 65.2 Å². The monoisotopic (exact) mass is 380 g/mol. The van der Waals surface area contributed by atoms with Crippen LogP contribution in [0.25, 0.3) is 0 Å². The first-order chi connectivity index (χ1) is 12.1. The lowest BCUT2D eigenvalue weighted by molar-refractivity contribution is 0.472. The van der Waals surface area contributed by atoms with Crippen LogP contribution in [0.15, 0.2) is 47.5 Å². The molecule has 0 fully saturated rings. The number of nitrogens with two attached hydrogens (primary N) is 1. The summed E-state index contributed by atoms with van der Waals surface area (Å²) >= 11 is 0. The average Bonchev–Trinajstić information content (AvgIpc) is 2.53. The summed E-state index contributed by atoms with van der Waals surface area (Å²) in [5.41, 5.74) is 4.85. The van der Waals surface area contributed by atoms with Crippen molar-refractivity contribution in [2.75, 3.05) is 5.75 Å². The second-order valence-electron chi connectivity index (χ2n) is 6.60. The molecule has 2 aromatic rings. The van der Waals surface area contributed by atoms with Gasteiger partial charge in [-0.05, 0) is 49.2 Å². The number of halogens is 2. The molecule has 0 saturated carbocycles. The average molecular weight is 380 g/mol. The van der Waals surface area contributed by atoms with Crippen molar-refractivity contribution in [2.45, 2.75) is 24.1 Å². The SMILES string of the molecule is CC1(c2cc(F)ccc2F)CS(=O)(=O)C(Cc2cccc(O)c2)C(N)=N1. The maximum Gasteiger partial charge on any atom is 0.163 e. The summed E-state index contributed by atoms with van der Waals surface area (Å²) in [7, 11) is -3.80. The molecule has 0 bridgehead atoms. The lowest BCUT2D eigenvalue weighted by atomic mass is 9.93. The van der Waals surface area contributed by atoms with Crippen LogP contribution in [0.1, 0.15) is 18.1 Å². The molecule has 0 aliphatic carbocycles. The smallest absolute Gasteiger partial charge is 0.163 e. The Kier molecular flexibility index (Phi) is 4.47. The highest BCUT2D eigenvalue weighted by Crippen LogP contribution is 2.35. The minimum absolute atomic E-state index is 0.0119. The van der Waals surface area contributed by atoms with Gasteiger partial charge in [-0.3, -0.25) is 4.99 Å². The molecule has 3 rings (SSSR count). The Morgan fingerprint density at radius 3 is 2.65 bits per heavy atom. The van der Waals surface area contributed by atoms with Crippen molar-refractivity contribution in [2.24, 2.45) is 10.7 Å². The third kappa shape index (κ3) is 3.41. The van der Waals surface area contributed by atoms with E-state index in [4.69, 9.17) is 5.73 Å². The van der Waals surface area contributed by atoms with E-state index in [-0.39, 0.29) is 23.6 Å². The molecule has 5 nitrogen and oxygen atoms in total. The topological polar surface area (TPSA) is 92.8 Å². The number of sulfone groups is 1. The second-order valence-corrected chi connectivity index (χ2v) is 8.79. The van der Waals surface area contributed by atoms with Gasteiger partial charge in [-0.2, -0.15) is 0 Å². The molecule has 8 heteroatoms. The zero-order valence-electron chi connectivity index (χ0n) is 14.0. The number of hydrogen-bond acceptors (Lipinski definition) is 5. The van der Waals surface area contributed by atoms with E-state index in [9.17, 15) is 22.3 Å². The van der Waals surface area contributed by atoms with Crippen LogP contribution in [0.5, 0.6) is 5.75 Å². The highest BCUT2D eigenvalue weighted by atomic mass is 32.2. The van der Waals surface area contributed by atoms with E-state index in [1.807, 2.05) is 0 Å². The van der Waals surface area contributed by atoms with Crippen LogP contribution < -0.4 is 5.73 Å². The summed E-state index contributed by atoms with van der Waals surface area (Å²) in [6.07, 6.45) is 0.0355. The van der Waals surface area contributed by atoms with E-state index in [0.717, 1.165) is 18.2 Å². The number of phenolic OH excluding ortho intramolecular Hbond substituents is 1. The first-order valence-electron chi connectivity index (χ1n) is 7.91. The fourth-order valence-corrected chi connectivity index (χ4v) is 5.31. The van der Waals surface area contributed by atoms with Crippen LogP contribution in [0.3, 0.4) is 0 Å². The van der Waals surface area contributed by atoms with Gasteiger partial charge in [0.1, 0.15) is 34.0 Å². The fraction of sp³-hybridized carbons (Fsp3) is 0.278. The Hall–Kier alpha value is -2.48. The molecule has 0 amide bonds. The van der Waals surface area contributed by atoms with Gasteiger partial charge in [-0.1, -0.05) is 12.1 Å². The lowest BCUT2D eigenvalue weighted by Gasteiger charge is -2.34. The maximum absolute atomic E-state index is 14.2. The summed E-state index contributed by atoms with van der Waals surface area (Å²) in [5, 5.41) is 8.45. The number of rotatable bonds is 3. The summed E-state index contributed by atoms with van der Waals surface area (Å²) in [6.45, 7) is 1.42. The first kappa shape index (κ1) is 18.3. The third-order valence-electron chi connectivity index (χ3n) is 4.46. The van der Waals surface area contributed by atoms with E-state index in [1.165, 1.54) is 19.1 Å². The van der Waals surface area contributed by atoms with E-state index >= 15 is 0 Å². The van der Waals surface area contributed by atoms with Crippen molar-refractivity contribution in [3.8, 4) is 5.75 Å². The van der Waals surface area contributed by atoms with E-state index in [2.05, 4.69) is 4.99 Å². The Morgan fingerprint density at radius 2 is 2.00 bits per heavy atom. The zero-order valence-corrected chi connectivity index (χ0v) is 14.8.